The van der Waals surface area contributed by atoms with Gasteiger partial charge in [-0.3, -0.25) is 4.79 Å². The maximum absolute atomic E-state index is 12.6. The molecule has 0 radical (unpaired) electrons. The van der Waals surface area contributed by atoms with Crippen LogP contribution >= 0.6 is 0 Å². The molecule has 0 saturated heterocycles. The Hall–Kier alpha value is -4.76. The number of carbonyl (C=O) groups is 1. The number of carbonyl (C=O) groups excluding carboxylic acids is 1. The number of hydrogen-bond acceptors (Lipinski definition) is 7. The first-order valence-corrected chi connectivity index (χ1v) is 12.7. The van der Waals surface area contributed by atoms with Gasteiger partial charge in [-0.15, -0.1) is 0 Å². The van der Waals surface area contributed by atoms with Crippen molar-refractivity contribution in [1.29, 1.82) is 0 Å². The first kappa shape index (κ1) is 25.9. The van der Waals surface area contributed by atoms with Crippen LogP contribution < -0.4 is 15.4 Å². The molecule has 0 unspecified atom stereocenters. The van der Waals surface area contributed by atoms with Gasteiger partial charge >= 0.3 is 0 Å². The van der Waals surface area contributed by atoms with Crippen LogP contribution in [0, 0.1) is 6.92 Å². The molecule has 9 nitrogen and oxygen atoms in total. The lowest BCUT2D eigenvalue weighted by atomic mass is 9.97. The fourth-order valence-electron chi connectivity index (χ4n) is 4.57. The number of rotatable bonds is 8. The number of nitrogens with zero attached hydrogens (tertiary/aromatic N) is 5. The van der Waals surface area contributed by atoms with E-state index in [1.807, 2.05) is 54.2 Å². The molecule has 2 N–H and O–H groups in total. The van der Waals surface area contributed by atoms with Crippen LogP contribution in [0.4, 0.5) is 17.3 Å². The van der Waals surface area contributed by atoms with Crippen LogP contribution in [0.3, 0.4) is 0 Å². The zero-order valence-electron chi connectivity index (χ0n) is 22.3. The topological polar surface area (TPSA) is 96.7 Å². The van der Waals surface area contributed by atoms with Crippen molar-refractivity contribution >= 4 is 34.3 Å². The first-order valence-electron chi connectivity index (χ1n) is 12.7. The highest BCUT2D eigenvalue weighted by molar-refractivity contribution is 6.02. The lowest BCUT2D eigenvalue weighted by molar-refractivity contribution is -0.111. The van der Waals surface area contributed by atoms with Crippen LogP contribution in [0.2, 0.25) is 0 Å². The second-order valence-corrected chi connectivity index (χ2v) is 9.36. The van der Waals surface area contributed by atoms with Crippen molar-refractivity contribution in [3.8, 4) is 17.0 Å². The summed E-state index contributed by atoms with van der Waals surface area (Å²) in [4.78, 5) is 24.2. The van der Waals surface area contributed by atoms with Gasteiger partial charge in [0, 0.05) is 42.7 Å². The van der Waals surface area contributed by atoms with Crippen LogP contribution in [-0.4, -0.2) is 57.6 Å². The van der Waals surface area contributed by atoms with Gasteiger partial charge in [0.1, 0.15) is 5.75 Å². The van der Waals surface area contributed by atoms with Crippen LogP contribution in [0.25, 0.3) is 22.3 Å². The number of allylic oxidation sites excluding steroid dienone is 2. The predicted molar refractivity (Wildman–Crippen MR) is 155 cm³/mol. The van der Waals surface area contributed by atoms with E-state index >= 15 is 0 Å². The number of benzene rings is 1. The lowest BCUT2D eigenvalue weighted by Crippen LogP contribution is -2.24. The number of amides is 1. The van der Waals surface area contributed by atoms with Crippen molar-refractivity contribution in [2.45, 2.75) is 13.3 Å². The molecule has 4 heterocycles. The van der Waals surface area contributed by atoms with E-state index in [1.54, 1.807) is 25.5 Å². The van der Waals surface area contributed by atoms with E-state index in [9.17, 15) is 4.79 Å². The number of nitrogens with one attached hydrogen (secondary N) is 2. The summed E-state index contributed by atoms with van der Waals surface area (Å²) in [6.45, 7) is 7.39. The van der Waals surface area contributed by atoms with E-state index in [4.69, 9.17) is 9.72 Å². The van der Waals surface area contributed by atoms with Crippen molar-refractivity contribution in [3.05, 3.63) is 90.9 Å². The van der Waals surface area contributed by atoms with Gasteiger partial charge < -0.3 is 20.3 Å². The van der Waals surface area contributed by atoms with E-state index in [-0.39, 0.29) is 5.91 Å². The summed E-state index contributed by atoms with van der Waals surface area (Å²) < 4.78 is 7.59. The van der Waals surface area contributed by atoms with Gasteiger partial charge in [0.05, 0.1) is 35.9 Å². The molecule has 0 atom stereocenters. The molecule has 3 aromatic heterocycles. The third-order valence-corrected chi connectivity index (χ3v) is 6.64. The maximum Gasteiger partial charge on any atom is 0.248 e. The van der Waals surface area contributed by atoms with Gasteiger partial charge in [0.2, 0.25) is 11.9 Å². The van der Waals surface area contributed by atoms with Gasteiger partial charge in [0.25, 0.3) is 0 Å². The van der Waals surface area contributed by atoms with Crippen LogP contribution in [0.15, 0.2) is 79.8 Å². The highest BCUT2D eigenvalue weighted by Gasteiger charge is 2.19. The smallest absolute Gasteiger partial charge is 0.248 e. The summed E-state index contributed by atoms with van der Waals surface area (Å²) >= 11 is 0. The van der Waals surface area contributed by atoms with E-state index in [0.717, 1.165) is 53.0 Å². The Bertz CT molecular complexity index is 1600. The van der Waals surface area contributed by atoms with Crippen LogP contribution in [-0.2, 0) is 4.79 Å². The number of aryl methyl sites for hydroxylation is 1. The third kappa shape index (κ3) is 5.58. The van der Waals surface area contributed by atoms with Gasteiger partial charge in [-0.05, 0) is 55.8 Å². The van der Waals surface area contributed by atoms with Gasteiger partial charge in [-0.2, -0.15) is 5.10 Å². The van der Waals surface area contributed by atoms with E-state index in [1.165, 1.54) is 6.08 Å². The van der Waals surface area contributed by atoms with Crippen molar-refractivity contribution in [1.82, 2.24) is 24.5 Å². The fraction of sp³-hybridized carbons (Fsp3) is 0.200. The summed E-state index contributed by atoms with van der Waals surface area (Å²) in [6, 6.07) is 9.73. The fourth-order valence-corrected chi connectivity index (χ4v) is 4.57. The first-order chi connectivity index (χ1) is 19.0. The van der Waals surface area contributed by atoms with Gasteiger partial charge in [0.15, 0.2) is 0 Å². The average molecular weight is 522 g/mol. The number of ether oxygens (including phenoxy) is 1. The molecular weight excluding hydrogens is 490 g/mol. The number of likely N-dealkylation sites (N-methyl/N-ethyl adjacent to an activating group) is 1. The Balaban J connectivity index is 1.54. The molecule has 1 aliphatic rings. The summed E-state index contributed by atoms with van der Waals surface area (Å²) in [6.07, 6.45) is 13.2. The molecule has 0 bridgehead atoms. The number of pyridine rings is 1. The molecule has 4 aromatic rings. The summed E-state index contributed by atoms with van der Waals surface area (Å²) in [5.74, 6) is 0.771. The Kier molecular flexibility index (Phi) is 7.51. The number of anilines is 3. The standard InChI is InChI=1S/C30H31N7O2/c1-5-6-10-28(38)33-24-17-25(27(39-4)16-22(24)21-11-14-36(3)15-12-21)34-30-31-18-20(2)29(35-30)23-19-32-37-13-8-7-9-26(23)37/h5-11,13,16-19H,1,12,14-15H2,2-4H3,(H,33,38)(H,31,34,35)/b10-6-. The molecule has 198 valence electrons. The SMILES string of the molecule is C=C/C=C\C(=O)Nc1cc(Nc2ncc(C)c(-c3cnn4ccccc34)n2)c(OC)cc1C1=CCN(C)CC1. The van der Waals surface area contributed by atoms with E-state index in [0.29, 0.717) is 23.1 Å². The Morgan fingerprint density at radius 2 is 2.05 bits per heavy atom. The van der Waals surface area contributed by atoms with Crippen LogP contribution in [0.5, 0.6) is 5.75 Å². The molecule has 0 aliphatic carbocycles. The molecule has 9 heteroatoms. The van der Waals surface area contributed by atoms with Crippen molar-refractivity contribution in [2.75, 3.05) is 37.9 Å². The minimum Gasteiger partial charge on any atom is -0.495 e. The predicted octanol–water partition coefficient (Wildman–Crippen LogP) is 5.25. The zero-order valence-corrected chi connectivity index (χ0v) is 22.3. The monoisotopic (exact) mass is 521 g/mol. The number of methoxy groups -OCH3 is 1. The average Bonchev–Trinajstić information content (AvgIpc) is 3.38. The Morgan fingerprint density at radius 1 is 1.18 bits per heavy atom. The number of aromatic nitrogens is 4. The highest BCUT2D eigenvalue weighted by atomic mass is 16.5. The number of hydrogen-bond donors (Lipinski definition) is 2. The summed E-state index contributed by atoms with van der Waals surface area (Å²) in [5.41, 5.74) is 6.95. The van der Waals surface area contributed by atoms with Crippen molar-refractivity contribution in [2.24, 2.45) is 0 Å². The number of fused-ring (bicyclic) bond motifs is 1. The molecule has 0 saturated carbocycles. The summed E-state index contributed by atoms with van der Waals surface area (Å²) in [5, 5.41) is 10.8. The largest absolute Gasteiger partial charge is 0.495 e. The van der Waals surface area contributed by atoms with Crippen LogP contribution in [0.1, 0.15) is 17.5 Å². The molecule has 1 amide bonds. The van der Waals surface area contributed by atoms with Crippen molar-refractivity contribution in [3.63, 3.8) is 0 Å². The minimum absolute atomic E-state index is 0.247. The Labute approximate surface area is 227 Å². The quantitative estimate of drug-likeness (QED) is 0.241. The summed E-state index contributed by atoms with van der Waals surface area (Å²) in [7, 11) is 3.71. The third-order valence-electron chi connectivity index (χ3n) is 6.64. The van der Waals surface area contributed by atoms with Gasteiger partial charge in [-0.1, -0.05) is 30.9 Å². The normalized spacial score (nSPS) is 13.9. The second kappa shape index (κ2) is 11.3. The lowest BCUT2D eigenvalue weighted by Gasteiger charge is -2.24. The molecule has 1 aromatic carbocycles. The maximum atomic E-state index is 12.6. The Morgan fingerprint density at radius 3 is 2.82 bits per heavy atom. The minimum atomic E-state index is -0.247. The highest BCUT2D eigenvalue weighted by Crippen LogP contribution is 2.38. The van der Waals surface area contributed by atoms with E-state index in [2.05, 4.69) is 45.3 Å². The zero-order chi connectivity index (χ0) is 27.4. The van der Waals surface area contributed by atoms with Crippen molar-refractivity contribution < 1.29 is 9.53 Å². The second-order valence-electron chi connectivity index (χ2n) is 9.36. The molecule has 5 rings (SSSR count). The molecular formula is C30H31N7O2. The van der Waals surface area contributed by atoms with E-state index < -0.39 is 0 Å². The molecule has 0 fully saturated rings. The molecule has 0 spiro atoms. The molecule has 39 heavy (non-hydrogen) atoms. The molecule has 1 aliphatic heterocycles. The van der Waals surface area contributed by atoms with Gasteiger partial charge in [-0.25, -0.2) is 14.5 Å².